The highest BCUT2D eigenvalue weighted by molar-refractivity contribution is 6.30. The van der Waals surface area contributed by atoms with E-state index in [4.69, 9.17) is 16.3 Å². The Balaban J connectivity index is 1.87. The molecule has 0 fully saturated rings. The van der Waals surface area contributed by atoms with Crippen LogP contribution in [0.5, 0.6) is 0 Å². The van der Waals surface area contributed by atoms with E-state index in [2.05, 4.69) is 26.0 Å². The fraction of sp³-hybridized carbons (Fsp3) is 0.211. The zero-order chi connectivity index (χ0) is 15.9. The van der Waals surface area contributed by atoms with Gasteiger partial charge >= 0.3 is 5.97 Å². The molecule has 0 saturated carbocycles. The third kappa shape index (κ3) is 5.05. The normalized spacial score (nSPS) is 11.1. The van der Waals surface area contributed by atoms with Crippen molar-refractivity contribution in [3.8, 4) is 0 Å². The molecule has 0 atom stereocenters. The molecule has 0 amide bonds. The van der Waals surface area contributed by atoms with Gasteiger partial charge in [-0.15, -0.1) is 0 Å². The van der Waals surface area contributed by atoms with Crippen molar-refractivity contribution >= 4 is 23.6 Å². The summed E-state index contributed by atoms with van der Waals surface area (Å²) in [7, 11) is 0. The minimum atomic E-state index is -0.358. The Bertz CT molecular complexity index is 640. The molecular formula is C19H19ClO2. The number of hydrogen-bond donors (Lipinski definition) is 0. The van der Waals surface area contributed by atoms with Gasteiger partial charge in [0.05, 0.1) is 0 Å². The molecule has 0 aliphatic heterocycles. The van der Waals surface area contributed by atoms with Crippen molar-refractivity contribution < 1.29 is 9.53 Å². The van der Waals surface area contributed by atoms with E-state index < -0.39 is 0 Å². The van der Waals surface area contributed by atoms with Gasteiger partial charge in [-0.05, 0) is 40.8 Å². The van der Waals surface area contributed by atoms with Crippen molar-refractivity contribution in [2.75, 3.05) is 0 Å². The Kier molecular flexibility index (Phi) is 5.79. The van der Waals surface area contributed by atoms with Gasteiger partial charge in [-0.25, -0.2) is 4.79 Å². The average molecular weight is 315 g/mol. The predicted octanol–water partition coefficient (Wildman–Crippen LogP) is 5.22. The number of ether oxygens (including phenoxy) is 1. The third-order valence-electron chi connectivity index (χ3n) is 3.31. The monoisotopic (exact) mass is 314 g/mol. The molecule has 3 heteroatoms. The SMILES string of the molecule is CC(C)c1ccc(C=CC(=O)OCc2ccc(Cl)cc2)cc1. The topological polar surface area (TPSA) is 26.3 Å². The highest BCUT2D eigenvalue weighted by Crippen LogP contribution is 2.15. The molecule has 0 heterocycles. The molecule has 0 saturated heterocycles. The van der Waals surface area contributed by atoms with Crippen molar-refractivity contribution in [1.82, 2.24) is 0 Å². The van der Waals surface area contributed by atoms with Crippen molar-refractivity contribution in [3.05, 3.63) is 76.3 Å². The predicted molar refractivity (Wildman–Crippen MR) is 90.8 cm³/mol. The van der Waals surface area contributed by atoms with E-state index in [1.807, 2.05) is 24.3 Å². The number of carbonyl (C=O) groups excluding carboxylic acids is 1. The van der Waals surface area contributed by atoms with Crippen LogP contribution in [0.25, 0.3) is 6.08 Å². The maximum atomic E-state index is 11.7. The lowest BCUT2D eigenvalue weighted by atomic mass is 10.0. The van der Waals surface area contributed by atoms with Gasteiger partial charge < -0.3 is 4.74 Å². The van der Waals surface area contributed by atoms with E-state index in [9.17, 15) is 4.79 Å². The first kappa shape index (κ1) is 16.3. The summed E-state index contributed by atoms with van der Waals surface area (Å²) in [5.74, 6) is 0.144. The molecule has 0 aliphatic carbocycles. The zero-order valence-electron chi connectivity index (χ0n) is 12.8. The summed E-state index contributed by atoms with van der Waals surface area (Å²) in [6.45, 7) is 4.55. The number of benzene rings is 2. The van der Waals surface area contributed by atoms with Crippen molar-refractivity contribution in [2.45, 2.75) is 26.4 Å². The summed E-state index contributed by atoms with van der Waals surface area (Å²) in [5, 5.41) is 0.666. The summed E-state index contributed by atoms with van der Waals surface area (Å²) in [5.41, 5.74) is 3.17. The Morgan fingerprint density at radius 3 is 2.32 bits per heavy atom. The van der Waals surface area contributed by atoms with Crippen molar-refractivity contribution in [1.29, 1.82) is 0 Å². The lowest BCUT2D eigenvalue weighted by molar-refractivity contribution is -0.138. The summed E-state index contributed by atoms with van der Waals surface area (Å²) < 4.78 is 5.18. The van der Waals surface area contributed by atoms with Crippen LogP contribution in [-0.2, 0) is 16.1 Å². The maximum absolute atomic E-state index is 11.7. The van der Waals surface area contributed by atoms with Gasteiger partial charge in [0.15, 0.2) is 0 Å². The van der Waals surface area contributed by atoms with Gasteiger partial charge in [-0.1, -0.05) is 61.8 Å². The second-order valence-electron chi connectivity index (χ2n) is 5.39. The summed E-state index contributed by atoms with van der Waals surface area (Å²) in [6, 6.07) is 15.4. The lowest BCUT2D eigenvalue weighted by Gasteiger charge is -2.05. The second kappa shape index (κ2) is 7.81. The Hall–Kier alpha value is -2.06. The molecule has 0 aliphatic rings. The smallest absolute Gasteiger partial charge is 0.331 e. The number of esters is 1. The number of hydrogen-bond acceptors (Lipinski definition) is 2. The Morgan fingerprint density at radius 2 is 1.73 bits per heavy atom. The van der Waals surface area contributed by atoms with E-state index in [0.717, 1.165) is 11.1 Å². The van der Waals surface area contributed by atoms with Crippen molar-refractivity contribution in [2.24, 2.45) is 0 Å². The molecule has 2 aromatic carbocycles. The van der Waals surface area contributed by atoms with Crippen LogP contribution in [0.3, 0.4) is 0 Å². The number of halogens is 1. The number of rotatable bonds is 5. The molecule has 22 heavy (non-hydrogen) atoms. The van der Waals surface area contributed by atoms with E-state index in [0.29, 0.717) is 10.9 Å². The minimum absolute atomic E-state index is 0.243. The average Bonchev–Trinajstić information content (AvgIpc) is 2.52. The molecule has 2 rings (SSSR count). The van der Waals surface area contributed by atoms with Crippen LogP contribution in [0.1, 0.15) is 36.5 Å². The van der Waals surface area contributed by atoms with Crippen LogP contribution in [0.2, 0.25) is 5.02 Å². The van der Waals surface area contributed by atoms with Crippen LogP contribution in [0, 0.1) is 0 Å². The molecule has 0 N–H and O–H groups in total. The first-order valence-corrected chi connectivity index (χ1v) is 7.61. The largest absolute Gasteiger partial charge is 0.458 e. The first-order chi connectivity index (χ1) is 10.5. The maximum Gasteiger partial charge on any atom is 0.331 e. The standard InChI is InChI=1S/C19H19ClO2/c1-14(2)17-8-3-15(4-9-17)7-12-19(21)22-13-16-5-10-18(20)11-6-16/h3-12,14H,13H2,1-2H3. The zero-order valence-corrected chi connectivity index (χ0v) is 13.5. The third-order valence-corrected chi connectivity index (χ3v) is 3.56. The van der Waals surface area contributed by atoms with Crippen molar-refractivity contribution in [3.63, 3.8) is 0 Å². The Labute approximate surface area is 136 Å². The van der Waals surface area contributed by atoms with Crippen LogP contribution in [0.4, 0.5) is 0 Å². The molecule has 0 unspecified atom stereocenters. The lowest BCUT2D eigenvalue weighted by Crippen LogP contribution is -2.00. The van der Waals surface area contributed by atoms with E-state index >= 15 is 0 Å². The van der Waals surface area contributed by atoms with Gasteiger partial charge in [0.1, 0.15) is 6.61 Å². The summed E-state index contributed by atoms with van der Waals surface area (Å²) in [4.78, 5) is 11.7. The molecule has 0 radical (unpaired) electrons. The highest BCUT2D eigenvalue weighted by Gasteiger charge is 2.00. The van der Waals surface area contributed by atoms with Crippen LogP contribution in [0.15, 0.2) is 54.6 Å². The van der Waals surface area contributed by atoms with E-state index in [1.165, 1.54) is 11.6 Å². The molecule has 114 valence electrons. The quantitative estimate of drug-likeness (QED) is 0.558. The van der Waals surface area contributed by atoms with Crippen LogP contribution in [-0.4, -0.2) is 5.97 Å². The highest BCUT2D eigenvalue weighted by atomic mass is 35.5. The fourth-order valence-electron chi connectivity index (χ4n) is 1.94. The van der Waals surface area contributed by atoms with E-state index in [-0.39, 0.29) is 12.6 Å². The van der Waals surface area contributed by atoms with Crippen LogP contribution >= 0.6 is 11.6 Å². The van der Waals surface area contributed by atoms with Gasteiger partial charge in [0.2, 0.25) is 0 Å². The second-order valence-corrected chi connectivity index (χ2v) is 5.83. The van der Waals surface area contributed by atoms with Crippen LogP contribution < -0.4 is 0 Å². The minimum Gasteiger partial charge on any atom is -0.458 e. The van der Waals surface area contributed by atoms with Gasteiger partial charge in [0.25, 0.3) is 0 Å². The number of carbonyl (C=O) groups is 1. The molecular weight excluding hydrogens is 296 g/mol. The van der Waals surface area contributed by atoms with Gasteiger partial charge in [-0.2, -0.15) is 0 Å². The molecule has 0 aromatic heterocycles. The molecule has 2 aromatic rings. The molecule has 0 spiro atoms. The van der Waals surface area contributed by atoms with E-state index in [1.54, 1.807) is 18.2 Å². The Morgan fingerprint density at radius 1 is 1.09 bits per heavy atom. The molecule has 0 bridgehead atoms. The van der Waals surface area contributed by atoms with Gasteiger partial charge in [0, 0.05) is 11.1 Å². The van der Waals surface area contributed by atoms with Gasteiger partial charge in [-0.3, -0.25) is 0 Å². The molecule has 2 nitrogen and oxygen atoms in total. The fourth-order valence-corrected chi connectivity index (χ4v) is 2.07. The first-order valence-electron chi connectivity index (χ1n) is 7.24. The summed E-state index contributed by atoms with van der Waals surface area (Å²) >= 11 is 5.80. The summed E-state index contributed by atoms with van der Waals surface area (Å²) in [6.07, 6.45) is 3.20.